The molecule has 5 nitrogen and oxygen atoms in total. The van der Waals surface area contributed by atoms with Crippen molar-refractivity contribution in [3.8, 4) is 16.2 Å². The number of amides is 1. The van der Waals surface area contributed by atoms with Crippen molar-refractivity contribution < 1.29 is 19.1 Å². The Balaban J connectivity index is 1.49. The molecule has 4 rings (SSSR count). The summed E-state index contributed by atoms with van der Waals surface area (Å²) in [4.78, 5) is 25.9. The molecule has 0 aliphatic heterocycles. The van der Waals surface area contributed by atoms with Gasteiger partial charge in [-0.1, -0.05) is 24.3 Å². The summed E-state index contributed by atoms with van der Waals surface area (Å²) in [5.41, 5.74) is 5.38. The summed E-state index contributed by atoms with van der Waals surface area (Å²) in [6, 6.07) is 15.7. The molecule has 0 saturated carbocycles. The van der Waals surface area contributed by atoms with Gasteiger partial charge in [0, 0.05) is 10.6 Å². The van der Waals surface area contributed by atoms with Gasteiger partial charge < -0.3 is 14.8 Å². The van der Waals surface area contributed by atoms with Crippen LogP contribution in [0.25, 0.3) is 10.4 Å². The highest BCUT2D eigenvalue weighted by atomic mass is 32.1. The van der Waals surface area contributed by atoms with Gasteiger partial charge in [-0.05, 0) is 66.3 Å². The summed E-state index contributed by atoms with van der Waals surface area (Å²) < 4.78 is 9.95. The van der Waals surface area contributed by atoms with Crippen molar-refractivity contribution in [2.24, 2.45) is 0 Å². The van der Waals surface area contributed by atoms with Crippen molar-refractivity contribution in [3.05, 3.63) is 70.1 Å². The van der Waals surface area contributed by atoms with Gasteiger partial charge in [-0.2, -0.15) is 0 Å². The number of nitrogens with one attached hydrogen (secondary N) is 1. The number of hydrogen-bond donors (Lipinski definition) is 1. The Hall–Kier alpha value is -3.12. The summed E-state index contributed by atoms with van der Waals surface area (Å²) >= 11 is 1.54. The Morgan fingerprint density at radius 1 is 1.07 bits per heavy atom. The molecular formula is C23H21NO4S. The lowest BCUT2D eigenvalue weighted by Crippen LogP contribution is -2.13. The number of fused-ring (bicyclic) bond motifs is 3. The second kappa shape index (κ2) is 8.09. The number of thiophene rings is 1. The third kappa shape index (κ3) is 4.03. The largest absolute Gasteiger partial charge is 0.482 e. The van der Waals surface area contributed by atoms with Gasteiger partial charge >= 0.3 is 5.97 Å². The van der Waals surface area contributed by atoms with E-state index >= 15 is 0 Å². The van der Waals surface area contributed by atoms with Crippen LogP contribution in [-0.2, 0) is 22.4 Å². The zero-order valence-electron chi connectivity index (χ0n) is 16.3. The first-order valence-electron chi connectivity index (χ1n) is 9.38. The van der Waals surface area contributed by atoms with Crippen LogP contribution in [0.3, 0.4) is 0 Å². The summed E-state index contributed by atoms with van der Waals surface area (Å²) in [7, 11) is 1.32. The smallest absolute Gasteiger partial charge is 0.343 e. The molecule has 0 unspecified atom stereocenters. The zero-order chi connectivity index (χ0) is 20.4. The van der Waals surface area contributed by atoms with Crippen LogP contribution >= 0.6 is 11.3 Å². The number of benzene rings is 2. The molecule has 0 radical (unpaired) electrons. The molecule has 1 aliphatic rings. The van der Waals surface area contributed by atoms with Gasteiger partial charge in [0.1, 0.15) is 5.75 Å². The average molecular weight is 407 g/mol. The monoisotopic (exact) mass is 407 g/mol. The van der Waals surface area contributed by atoms with Gasteiger partial charge in [0.2, 0.25) is 0 Å². The quantitative estimate of drug-likeness (QED) is 0.627. The fourth-order valence-electron chi connectivity index (χ4n) is 3.43. The summed E-state index contributed by atoms with van der Waals surface area (Å²) in [5, 5.41) is 2.99. The Labute approximate surface area is 173 Å². The van der Waals surface area contributed by atoms with Crippen molar-refractivity contribution in [1.82, 2.24) is 0 Å². The van der Waals surface area contributed by atoms with Crippen molar-refractivity contribution in [1.29, 1.82) is 0 Å². The lowest BCUT2D eigenvalue weighted by atomic mass is 9.91. The van der Waals surface area contributed by atoms with Crippen LogP contribution in [0.2, 0.25) is 0 Å². The molecule has 2 aromatic carbocycles. The normalized spacial score (nSPS) is 11.9. The second-order valence-electron chi connectivity index (χ2n) is 6.92. The molecule has 3 aromatic rings. The van der Waals surface area contributed by atoms with Crippen LogP contribution in [0, 0.1) is 6.92 Å². The predicted molar refractivity (Wildman–Crippen MR) is 114 cm³/mol. The average Bonchev–Trinajstić information content (AvgIpc) is 3.19. The third-order valence-electron chi connectivity index (χ3n) is 4.99. The topological polar surface area (TPSA) is 64.6 Å². The van der Waals surface area contributed by atoms with Gasteiger partial charge in [-0.3, -0.25) is 4.79 Å². The van der Waals surface area contributed by atoms with Gasteiger partial charge in [0.05, 0.1) is 12.0 Å². The molecule has 0 spiro atoms. The van der Waals surface area contributed by atoms with Crippen LogP contribution in [0.1, 0.15) is 26.4 Å². The summed E-state index contributed by atoms with van der Waals surface area (Å²) in [6.45, 7) is 1.74. The highest BCUT2D eigenvalue weighted by molar-refractivity contribution is 7.17. The Morgan fingerprint density at radius 3 is 2.66 bits per heavy atom. The number of carbonyl (C=O) groups is 2. The SMILES string of the molecule is COC(=O)COc1ccc(NC(=O)c2cc3c(s2)-c2ccccc2CC3)c(C)c1. The molecule has 29 heavy (non-hydrogen) atoms. The first-order chi connectivity index (χ1) is 14.0. The molecule has 0 saturated heterocycles. The fourth-order valence-corrected chi connectivity index (χ4v) is 4.60. The first-order valence-corrected chi connectivity index (χ1v) is 10.2. The minimum Gasteiger partial charge on any atom is -0.482 e. The zero-order valence-corrected chi connectivity index (χ0v) is 17.1. The lowest BCUT2D eigenvalue weighted by molar-refractivity contribution is -0.142. The molecule has 1 aliphatic carbocycles. The van der Waals surface area contributed by atoms with Crippen LogP contribution < -0.4 is 10.1 Å². The number of rotatable bonds is 5. The number of ether oxygens (including phenoxy) is 2. The molecule has 6 heteroatoms. The fraction of sp³-hybridized carbons (Fsp3) is 0.217. The van der Waals surface area contributed by atoms with E-state index in [0.29, 0.717) is 16.3 Å². The lowest BCUT2D eigenvalue weighted by Gasteiger charge is -2.15. The van der Waals surface area contributed by atoms with Crippen molar-refractivity contribution in [2.45, 2.75) is 19.8 Å². The second-order valence-corrected chi connectivity index (χ2v) is 7.97. The van der Waals surface area contributed by atoms with E-state index in [1.807, 2.05) is 19.1 Å². The minimum absolute atomic E-state index is 0.117. The minimum atomic E-state index is -0.441. The molecule has 0 fully saturated rings. The third-order valence-corrected chi connectivity index (χ3v) is 6.20. The van der Waals surface area contributed by atoms with E-state index in [0.717, 1.165) is 18.4 Å². The molecule has 1 heterocycles. The van der Waals surface area contributed by atoms with E-state index in [1.165, 1.54) is 28.7 Å². The van der Waals surface area contributed by atoms with Crippen molar-refractivity contribution >= 4 is 28.9 Å². The standard InChI is InChI=1S/C23H21NO4S/c1-14-11-17(28-13-21(25)27-2)9-10-19(14)24-23(26)20-12-16-8-7-15-5-3-4-6-18(15)22(16)29-20/h3-6,9-12H,7-8,13H2,1-2H3,(H,24,26). The van der Waals surface area contributed by atoms with Crippen molar-refractivity contribution in [3.63, 3.8) is 0 Å². The van der Waals surface area contributed by atoms with E-state index in [1.54, 1.807) is 29.5 Å². The van der Waals surface area contributed by atoms with Crippen molar-refractivity contribution in [2.75, 3.05) is 19.0 Å². The van der Waals surface area contributed by atoms with E-state index < -0.39 is 5.97 Å². The summed E-state index contributed by atoms with van der Waals surface area (Å²) in [5.74, 6) is -0.00873. The van der Waals surface area contributed by atoms with Gasteiger partial charge in [-0.25, -0.2) is 4.79 Å². The van der Waals surface area contributed by atoms with Gasteiger partial charge in [-0.15, -0.1) is 11.3 Å². The Morgan fingerprint density at radius 2 is 1.86 bits per heavy atom. The van der Waals surface area contributed by atoms with Crippen LogP contribution in [-0.4, -0.2) is 25.6 Å². The van der Waals surface area contributed by atoms with E-state index in [4.69, 9.17) is 4.74 Å². The maximum Gasteiger partial charge on any atom is 0.343 e. The molecule has 1 N–H and O–H groups in total. The van der Waals surface area contributed by atoms with Gasteiger partial charge in [0.25, 0.3) is 5.91 Å². The van der Waals surface area contributed by atoms with Gasteiger partial charge in [0.15, 0.2) is 6.61 Å². The summed E-state index contributed by atoms with van der Waals surface area (Å²) in [6.07, 6.45) is 1.97. The maximum absolute atomic E-state index is 12.8. The number of methoxy groups -OCH3 is 1. The van der Waals surface area contributed by atoms with Crippen LogP contribution in [0.5, 0.6) is 5.75 Å². The van der Waals surface area contributed by atoms with E-state index in [-0.39, 0.29) is 12.5 Å². The first kappa shape index (κ1) is 19.2. The molecule has 148 valence electrons. The van der Waals surface area contributed by atoms with E-state index in [2.05, 4.69) is 28.3 Å². The number of hydrogen-bond acceptors (Lipinski definition) is 5. The number of esters is 1. The molecular weight excluding hydrogens is 386 g/mol. The number of carbonyl (C=O) groups excluding carboxylic acids is 2. The van der Waals surface area contributed by atoms with Crippen LogP contribution in [0.15, 0.2) is 48.5 Å². The van der Waals surface area contributed by atoms with E-state index in [9.17, 15) is 9.59 Å². The molecule has 0 bridgehead atoms. The number of aryl methyl sites for hydroxylation is 3. The highest BCUT2D eigenvalue weighted by Gasteiger charge is 2.21. The molecule has 1 amide bonds. The molecule has 1 aromatic heterocycles. The highest BCUT2D eigenvalue weighted by Crippen LogP contribution is 2.39. The Bertz CT molecular complexity index is 1090. The Kier molecular flexibility index (Phi) is 5.36. The van der Waals surface area contributed by atoms with Crippen LogP contribution in [0.4, 0.5) is 5.69 Å². The maximum atomic E-state index is 12.8. The number of anilines is 1. The predicted octanol–water partition coefficient (Wildman–Crippen LogP) is 4.63. The molecule has 0 atom stereocenters.